The first-order chi connectivity index (χ1) is 9.91. The highest BCUT2D eigenvalue weighted by Crippen LogP contribution is 2.32. The molecule has 0 amide bonds. The van der Waals surface area contributed by atoms with E-state index < -0.39 is 11.9 Å². The molecule has 21 heavy (non-hydrogen) atoms. The largest absolute Gasteiger partial charge is 0.433 e. The van der Waals surface area contributed by atoms with Crippen LogP contribution in [0.2, 0.25) is 5.02 Å². The van der Waals surface area contributed by atoms with E-state index in [2.05, 4.69) is 10.4 Å². The van der Waals surface area contributed by atoms with Gasteiger partial charge in [-0.2, -0.15) is 18.3 Å². The zero-order valence-corrected chi connectivity index (χ0v) is 12.2. The molecule has 114 valence electrons. The van der Waals surface area contributed by atoms with Crippen LogP contribution in [0.25, 0.3) is 0 Å². The van der Waals surface area contributed by atoms with Crippen molar-refractivity contribution in [2.24, 2.45) is 0 Å². The molecular weight excluding hydrogens is 303 g/mol. The monoisotopic (exact) mass is 317 g/mol. The molecule has 0 aliphatic heterocycles. The fourth-order valence-corrected chi connectivity index (χ4v) is 2.15. The summed E-state index contributed by atoms with van der Waals surface area (Å²) in [6.45, 7) is 2.63. The lowest BCUT2D eigenvalue weighted by Gasteiger charge is -2.13. The maximum Gasteiger partial charge on any atom is 0.433 e. The molecule has 0 fully saturated rings. The number of halogens is 4. The third kappa shape index (κ3) is 3.98. The number of alkyl halides is 3. The van der Waals surface area contributed by atoms with E-state index >= 15 is 0 Å². The maximum absolute atomic E-state index is 13.2. The molecule has 1 aromatic carbocycles. The summed E-state index contributed by atoms with van der Waals surface area (Å²) < 4.78 is 40.7. The van der Waals surface area contributed by atoms with Gasteiger partial charge in [-0.05, 0) is 24.2 Å². The third-order valence-corrected chi connectivity index (χ3v) is 3.25. The minimum absolute atomic E-state index is 0.0537. The van der Waals surface area contributed by atoms with Crippen LogP contribution in [0.15, 0.2) is 30.5 Å². The van der Waals surface area contributed by atoms with Crippen molar-refractivity contribution in [3.63, 3.8) is 0 Å². The van der Waals surface area contributed by atoms with Crippen molar-refractivity contribution in [2.75, 3.05) is 6.54 Å². The Hall–Kier alpha value is -1.53. The first-order valence-corrected chi connectivity index (χ1v) is 6.86. The number of hydrogen-bond donors (Lipinski definition) is 1. The van der Waals surface area contributed by atoms with Gasteiger partial charge in [0.25, 0.3) is 0 Å². The van der Waals surface area contributed by atoms with Crippen molar-refractivity contribution in [3.05, 3.63) is 52.3 Å². The van der Waals surface area contributed by atoms with Crippen LogP contribution in [-0.4, -0.2) is 16.3 Å². The van der Waals surface area contributed by atoms with Gasteiger partial charge in [0, 0.05) is 17.1 Å². The summed E-state index contributed by atoms with van der Waals surface area (Å²) in [4.78, 5) is 0. The van der Waals surface area contributed by atoms with Crippen molar-refractivity contribution in [3.8, 4) is 0 Å². The zero-order valence-electron chi connectivity index (χ0n) is 11.4. The van der Waals surface area contributed by atoms with E-state index in [1.807, 2.05) is 6.92 Å². The topological polar surface area (TPSA) is 29.9 Å². The van der Waals surface area contributed by atoms with Gasteiger partial charge in [-0.3, -0.25) is 4.68 Å². The van der Waals surface area contributed by atoms with Crippen LogP contribution in [0.3, 0.4) is 0 Å². The van der Waals surface area contributed by atoms with Crippen molar-refractivity contribution >= 4 is 11.6 Å². The molecular formula is C14H15ClF3N3. The summed E-state index contributed by atoms with van der Waals surface area (Å²) in [7, 11) is 0. The Morgan fingerprint density at radius 2 is 1.90 bits per heavy atom. The molecule has 2 aromatic rings. The maximum atomic E-state index is 13.2. The van der Waals surface area contributed by atoms with Crippen molar-refractivity contribution in [1.29, 1.82) is 0 Å². The van der Waals surface area contributed by atoms with E-state index in [4.69, 9.17) is 11.6 Å². The van der Waals surface area contributed by atoms with Gasteiger partial charge in [0.2, 0.25) is 0 Å². The fraction of sp³-hybridized carbons (Fsp3) is 0.357. The van der Waals surface area contributed by atoms with Crippen LogP contribution < -0.4 is 5.32 Å². The van der Waals surface area contributed by atoms with Gasteiger partial charge in [0.1, 0.15) is 5.69 Å². The Balaban J connectivity index is 2.30. The molecule has 1 heterocycles. The Labute approximate surface area is 125 Å². The molecule has 0 radical (unpaired) electrons. The van der Waals surface area contributed by atoms with E-state index in [0.29, 0.717) is 17.1 Å². The zero-order chi connectivity index (χ0) is 15.5. The number of nitrogens with one attached hydrogen (secondary N) is 1. The molecule has 0 spiro atoms. The predicted octanol–water partition coefficient (Wildman–Crippen LogP) is 3.71. The average Bonchev–Trinajstić information content (AvgIpc) is 2.82. The van der Waals surface area contributed by atoms with Gasteiger partial charge >= 0.3 is 6.18 Å². The number of aromatic nitrogens is 2. The Morgan fingerprint density at radius 3 is 2.48 bits per heavy atom. The molecule has 0 aliphatic rings. The van der Waals surface area contributed by atoms with Crippen molar-refractivity contribution in [1.82, 2.24) is 15.1 Å². The summed E-state index contributed by atoms with van der Waals surface area (Å²) >= 11 is 5.77. The van der Waals surface area contributed by atoms with Crippen LogP contribution in [0.5, 0.6) is 0 Å². The van der Waals surface area contributed by atoms with Crippen LogP contribution in [-0.2, 0) is 19.3 Å². The molecule has 0 saturated heterocycles. The lowest BCUT2D eigenvalue weighted by Crippen LogP contribution is -2.20. The first-order valence-electron chi connectivity index (χ1n) is 6.49. The van der Waals surface area contributed by atoms with Gasteiger partial charge < -0.3 is 5.32 Å². The summed E-state index contributed by atoms with van der Waals surface area (Å²) in [6, 6.07) is 6.67. The standard InChI is InChI=1S/C14H15ClF3N3/c1-2-19-7-11-8-20-21(13(11)14(16,17)18)9-10-3-5-12(15)6-4-10/h3-6,8,19H,2,7,9H2,1H3. The summed E-state index contributed by atoms with van der Waals surface area (Å²) in [5.41, 5.74) is 0.153. The second-order valence-electron chi connectivity index (χ2n) is 4.58. The summed E-state index contributed by atoms with van der Waals surface area (Å²) in [5.74, 6) is 0. The number of nitrogens with zero attached hydrogens (tertiary/aromatic N) is 2. The molecule has 2 rings (SSSR count). The highest BCUT2D eigenvalue weighted by atomic mass is 35.5. The summed E-state index contributed by atoms with van der Waals surface area (Å²) in [5, 5.41) is 7.31. The Kier molecular flexibility index (Phi) is 4.90. The van der Waals surface area contributed by atoms with E-state index in [1.165, 1.54) is 6.20 Å². The van der Waals surface area contributed by atoms with Gasteiger partial charge in [0.15, 0.2) is 0 Å². The second-order valence-corrected chi connectivity index (χ2v) is 5.02. The van der Waals surface area contributed by atoms with E-state index in [1.54, 1.807) is 24.3 Å². The molecule has 3 nitrogen and oxygen atoms in total. The minimum atomic E-state index is -4.44. The molecule has 1 N–H and O–H groups in total. The molecule has 0 aliphatic carbocycles. The highest BCUT2D eigenvalue weighted by Gasteiger charge is 2.37. The summed E-state index contributed by atoms with van der Waals surface area (Å²) in [6.07, 6.45) is -3.17. The molecule has 0 unspecified atom stereocenters. The van der Waals surface area contributed by atoms with Crippen LogP contribution >= 0.6 is 11.6 Å². The smallest absolute Gasteiger partial charge is 0.313 e. The van der Waals surface area contributed by atoms with Crippen LogP contribution in [0, 0.1) is 0 Å². The predicted molar refractivity (Wildman–Crippen MR) is 75.2 cm³/mol. The van der Waals surface area contributed by atoms with Crippen molar-refractivity contribution < 1.29 is 13.2 Å². The average molecular weight is 318 g/mol. The third-order valence-electron chi connectivity index (χ3n) is 2.99. The highest BCUT2D eigenvalue weighted by molar-refractivity contribution is 6.30. The number of benzene rings is 1. The Bertz CT molecular complexity index is 591. The fourth-order valence-electron chi connectivity index (χ4n) is 2.02. The normalized spacial score (nSPS) is 11.9. The van der Waals surface area contributed by atoms with Crippen LogP contribution in [0.4, 0.5) is 13.2 Å². The van der Waals surface area contributed by atoms with Gasteiger partial charge in [0.05, 0.1) is 12.7 Å². The minimum Gasteiger partial charge on any atom is -0.313 e. The molecule has 0 bridgehead atoms. The van der Waals surface area contributed by atoms with Gasteiger partial charge in [-0.25, -0.2) is 0 Å². The van der Waals surface area contributed by atoms with Crippen molar-refractivity contribution in [2.45, 2.75) is 26.2 Å². The molecule has 0 saturated carbocycles. The lowest BCUT2D eigenvalue weighted by atomic mass is 10.2. The lowest BCUT2D eigenvalue weighted by molar-refractivity contribution is -0.144. The number of rotatable bonds is 5. The molecule has 7 heteroatoms. The van der Waals surface area contributed by atoms with Gasteiger partial charge in [-0.1, -0.05) is 30.7 Å². The first kappa shape index (κ1) is 15.9. The quantitative estimate of drug-likeness (QED) is 0.911. The Morgan fingerprint density at radius 1 is 1.24 bits per heavy atom. The SMILES string of the molecule is CCNCc1cnn(Cc2ccc(Cl)cc2)c1C(F)(F)F. The van der Waals surface area contributed by atoms with E-state index in [9.17, 15) is 13.2 Å². The number of hydrogen-bond acceptors (Lipinski definition) is 2. The second kappa shape index (κ2) is 6.49. The van der Waals surface area contributed by atoms with Gasteiger partial charge in [-0.15, -0.1) is 0 Å². The van der Waals surface area contributed by atoms with E-state index in [-0.39, 0.29) is 18.7 Å². The molecule has 0 atom stereocenters. The molecule has 1 aromatic heterocycles. The van der Waals surface area contributed by atoms with Crippen LogP contribution in [0.1, 0.15) is 23.7 Å². The van der Waals surface area contributed by atoms with E-state index in [0.717, 1.165) is 4.68 Å².